The minimum atomic E-state index is -3.76. The molecule has 24 heavy (non-hydrogen) atoms. The van der Waals surface area contributed by atoms with Gasteiger partial charge in [-0.3, -0.25) is 4.79 Å². The highest BCUT2D eigenvalue weighted by Gasteiger charge is 2.17. The van der Waals surface area contributed by atoms with E-state index < -0.39 is 10.0 Å². The molecule has 8 heteroatoms. The molecule has 0 unspecified atom stereocenters. The number of halogens is 2. The molecule has 0 aliphatic heterocycles. The summed E-state index contributed by atoms with van der Waals surface area (Å²) in [5, 5.41) is 2.75. The van der Waals surface area contributed by atoms with E-state index in [0.29, 0.717) is 0 Å². The Bertz CT molecular complexity index is 810. The van der Waals surface area contributed by atoms with Gasteiger partial charge in [0, 0.05) is 19.5 Å². The van der Waals surface area contributed by atoms with E-state index >= 15 is 0 Å². The van der Waals surface area contributed by atoms with Gasteiger partial charge in [0.25, 0.3) is 0 Å². The van der Waals surface area contributed by atoms with Crippen LogP contribution in [0.3, 0.4) is 0 Å². The Balaban J connectivity index is 1.80. The lowest BCUT2D eigenvalue weighted by Gasteiger charge is -2.09. The van der Waals surface area contributed by atoms with Crippen LogP contribution in [0.1, 0.15) is 12.0 Å². The fraction of sp³-hybridized carbons (Fsp3) is 0.188. The van der Waals surface area contributed by atoms with Gasteiger partial charge in [0.15, 0.2) is 0 Å². The summed E-state index contributed by atoms with van der Waals surface area (Å²) < 4.78 is 39.3. The van der Waals surface area contributed by atoms with Crippen molar-refractivity contribution in [3.63, 3.8) is 0 Å². The van der Waals surface area contributed by atoms with Crippen molar-refractivity contribution in [2.24, 2.45) is 0 Å². The fourth-order valence-electron chi connectivity index (χ4n) is 1.93. The zero-order chi connectivity index (χ0) is 17.6. The van der Waals surface area contributed by atoms with Crippen molar-refractivity contribution in [3.8, 4) is 0 Å². The Kier molecular flexibility index (Phi) is 6.30. The summed E-state index contributed by atoms with van der Waals surface area (Å²) in [7, 11) is -3.76. The van der Waals surface area contributed by atoms with Crippen LogP contribution in [0.5, 0.6) is 0 Å². The molecule has 0 aliphatic rings. The molecule has 128 valence electrons. The monoisotopic (exact) mass is 370 g/mol. The van der Waals surface area contributed by atoms with Crippen LogP contribution in [0.15, 0.2) is 53.4 Å². The molecular weight excluding hydrogens is 355 g/mol. The van der Waals surface area contributed by atoms with E-state index in [-0.39, 0.29) is 41.2 Å². The highest BCUT2D eigenvalue weighted by Crippen LogP contribution is 2.19. The second-order valence-electron chi connectivity index (χ2n) is 4.98. The van der Waals surface area contributed by atoms with Crippen LogP contribution in [0.2, 0.25) is 5.02 Å². The van der Waals surface area contributed by atoms with E-state index in [4.69, 9.17) is 11.6 Å². The van der Waals surface area contributed by atoms with Crippen LogP contribution >= 0.6 is 11.6 Å². The van der Waals surface area contributed by atoms with E-state index in [9.17, 15) is 17.6 Å². The van der Waals surface area contributed by atoms with Crippen LogP contribution < -0.4 is 10.0 Å². The Morgan fingerprint density at radius 1 is 1.08 bits per heavy atom. The fourth-order valence-corrected chi connectivity index (χ4v) is 3.48. The van der Waals surface area contributed by atoms with Crippen LogP contribution in [-0.4, -0.2) is 20.9 Å². The zero-order valence-corrected chi connectivity index (χ0v) is 14.2. The Labute approximate surface area is 144 Å². The molecule has 0 atom stereocenters. The normalized spacial score (nSPS) is 11.2. The highest BCUT2D eigenvalue weighted by molar-refractivity contribution is 7.89. The molecule has 5 nitrogen and oxygen atoms in total. The number of amides is 1. The molecule has 2 aromatic carbocycles. The van der Waals surface area contributed by atoms with Gasteiger partial charge in [-0.05, 0) is 29.8 Å². The molecule has 0 saturated heterocycles. The summed E-state index contributed by atoms with van der Waals surface area (Å²) in [5.74, 6) is -0.666. The average molecular weight is 371 g/mol. The van der Waals surface area contributed by atoms with E-state index in [2.05, 4.69) is 10.0 Å². The maximum atomic E-state index is 12.8. The van der Waals surface area contributed by atoms with Gasteiger partial charge >= 0.3 is 0 Å². The smallest absolute Gasteiger partial charge is 0.242 e. The number of hydrogen-bond donors (Lipinski definition) is 2. The predicted octanol–water partition coefficient (Wildman–Crippen LogP) is 2.46. The number of hydrogen-bond acceptors (Lipinski definition) is 3. The molecule has 0 bridgehead atoms. The van der Waals surface area contributed by atoms with Gasteiger partial charge in [-0.25, -0.2) is 17.5 Å². The van der Waals surface area contributed by atoms with Crippen molar-refractivity contribution in [1.82, 2.24) is 10.0 Å². The third kappa shape index (κ3) is 5.30. The summed E-state index contributed by atoms with van der Waals surface area (Å²) in [5.41, 5.74) is 0.751. The van der Waals surface area contributed by atoms with Crippen molar-refractivity contribution in [1.29, 1.82) is 0 Å². The summed E-state index contributed by atoms with van der Waals surface area (Å²) in [6, 6.07) is 11.8. The van der Waals surface area contributed by atoms with Gasteiger partial charge in [0.1, 0.15) is 10.7 Å². The average Bonchev–Trinajstić information content (AvgIpc) is 2.54. The molecule has 0 saturated carbocycles. The van der Waals surface area contributed by atoms with E-state index in [1.54, 1.807) is 24.3 Å². The van der Waals surface area contributed by atoms with Gasteiger partial charge in [-0.1, -0.05) is 35.9 Å². The number of nitrogens with one attached hydrogen (secondary N) is 2. The van der Waals surface area contributed by atoms with E-state index in [1.165, 1.54) is 24.3 Å². The summed E-state index contributed by atoms with van der Waals surface area (Å²) in [6.45, 7) is 0.194. The first-order valence-corrected chi connectivity index (χ1v) is 9.00. The van der Waals surface area contributed by atoms with Crippen LogP contribution in [-0.2, 0) is 21.4 Å². The first kappa shape index (κ1) is 18.4. The van der Waals surface area contributed by atoms with Crippen molar-refractivity contribution in [3.05, 3.63) is 64.9 Å². The first-order valence-electron chi connectivity index (χ1n) is 7.14. The Hall–Kier alpha value is -1.96. The second-order valence-corrected chi connectivity index (χ2v) is 7.12. The quantitative estimate of drug-likeness (QED) is 0.786. The molecule has 0 heterocycles. The molecule has 2 N–H and O–H groups in total. The van der Waals surface area contributed by atoms with Gasteiger partial charge in [0.2, 0.25) is 15.9 Å². The lowest BCUT2D eigenvalue weighted by Crippen LogP contribution is -2.30. The van der Waals surface area contributed by atoms with Crippen LogP contribution in [0, 0.1) is 5.82 Å². The van der Waals surface area contributed by atoms with Crippen molar-refractivity contribution in [2.45, 2.75) is 17.9 Å². The molecule has 0 fully saturated rings. The molecule has 0 spiro atoms. The maximum Gasteiger partial charge on any atom is 0.242 e. The number of sulfonamides is 1. The Morgan fingerprint density at radius 3 is 2.42 bits per heavy atom. The molecular formula is C16H16ClFN2O3S. The van der Waals surface area contributed by atoms with Gasteiger partial charge < -0.3 is 5.32 Å². The van der Waals surface area contributed by atoms with E-state index in [0.717, 1.165) is 5.56 Å². The largest absolute Gasteiger partial charge is 0.352 e. The van der Waals surface area contributed by atoms with Crippen LogP contribution in [0.4, 0.5) is 4.39 Å². The van der Waals surface area contributed by atoms with Gasteiger partial charge in [0.05, 0.1) is 5.02 Å². The first-order chi connectivity index (χ1) is 11.4. The Morgan fingerprint density at radius 2 is 1.75 bits per heavy atom. The standard InChI is InChI=1S/C16H16ClFN2O3S/c17-14-3-1-2-4-15(14)24(22,23)20-10-9-16(21)19-11-12-5-7-13(18)8-6-12/h1-8,20H,9-11H2,(H,19,21). The van der Waals surface area contributed by atoms with Gasteiger partial charge in [-0.2, -0.15) is 0 Å². The number of carbonyl (C=O) groups is 1. The topological polar surface area (TPSA) is 75.3 Å². The molecule has 0 aliphatic carbocycles. The van der Waals surface area contributed by atoms with Crippen molar-refractivity contribution < 1.29 is 17.6 Å². The zero-order valence-electron chi connectivity index (χ0n) is 12.6. The summed E-state index contributed by atoms with van der Waals surface area (Å²) in [6.07, 6.45) is -0.0229. The van der Waals surface area contributed by atoms with E-state index in [1.807, 2.05) is 0 Å². The molecule has 0 aromatic heterocycles. The number of benzene rings is 2. The molecule has 2 aromatic rings. The second kappa shape index (κ2) is 8.23. The minimum absolute atomic E-state index is 0.0229. The van der Waals surface area contributed by atoms with Crippen LogP contribution in [0.25, 0.3) is 0 Å². The number of carbonyl (C=O) groups excluding carboxylic acids is 1. The highest BCUT2D eigenvalue weighted by atomic mass is 35.5. The predicted molar refractivity (Wildman–Crippen MR) is 89.5 cm³/mol. The summed E-state index contributed by atoms with van der Waals surface area (Å²) >= 11 is 5.85. The molecule has 1 amide bonds. The number of rotatable bonds is 7. The lowest BCUT2D eigenvalue weighted by atomic mass is 10.2. The maximum absolute atomic E-state index is 12.8. The third-order valence-electron chi connectivity index (χ3n) is 3.17. The lowest BCUT2D eigenvalue weighted by molar-refractivity contribution is -0.121. The SMILES string of the molecule is O=C(CCNS(=O)(=O)c1ccccc1Cl)NCc1ccc(F)cc1. The molecule has 0 radical (unpaired) electrons. The minimum Gasteiger partial charge on any atom is -0.352 e. The summed E-state index contributed by atoms with van der Waals surface area (Å²) in [4.78, 5) is 11.7. The van der Waals surface area contributed by atoms with Gasteiger partial charge in [-0.15, -0.1) is 0 Å². The van der Waals surface area contributed by atoms with Crippen molar-refractivity contribution >= 4 is 27.5 Å². The van der Waals surface area contributed by atoms with Crippen molar-refractivity contribution in [2.75, 3.05) is 6.54 Å². The third-order valence-corrected chi connectivity index (χ3v) is 5.13. The molecule has 2 rings (SSSR count).